The van der Waals surface area contributed by atoms with E-state index < -0.39 is 5.82 Å². The number of carbonyl (C=O) groups is 1. The van der Waals surface area contributed by atoms with Gasteiger partial charge in [0.25, 0.3) is 0 Å². The summed E-state index contributed by atoms with van der Waals surface area (Å²) in [5, 5.41) is 0. The molecule has 0 radical (unpaired) electrons. The fourth-order valence-electron chi connectivity index (χ4n) is 1.30. The number of halogens is 4. The summed E-state index contributed by atoms with van der Waals surface area (Å²) < 4.78 is 15.1. The largest absolute Gasteiger partial charge is 0.288 e. The first-order valence-corrected chi connectivity index (χ1v) is 7.22. The van der Waals surface area contributed by atoms with E-state index in [9.17, 15) is 9.18 Å². The van der Waals surface area contributed by atoms with Crippen molar-refractivity contribution in [2.24, 2.45) is 0 Å². The molecule has 2 rings (SSSR count). The first kappa shape index (κ1) is 13.2. The second-order valence-corrected chi connectivity index (χ2v) is 6.52. The Morgan fingerprint density at radius 1 is 1.29 bits per heavy atom. The van der Waals surface area contributed by atoms with Crippen molar-refractivity contribution >= 4 is 60.6 Å². The van der Waals surface area contributed by atoms with Gasteiger partial charge in [-0.2, -0.15) is 0 Å². The Labute approximate surface area is 123 Å². The van der Waals surface area contributed by atoms with Crippen LogP contribution in [0.2, 0.25) is 4.34 Å². The third-order valence-corrected chi connectivity index (χ3v) is 5.19. The van der Waals surface area contributed by atoms with Crippen LogP contribution in [0.5, 0.6) is 0 Å². The van der Waals surface area contributed by atoms with Crippen LogP contribution in [0.4, 0.5) is 4.39 Å². The molecule has 0 amide bonds. The fraction of sp³-hybridized carbons (Fsp3) is 0. The maximum absolute atomic E-state index is 13.6. The molecule has 0 atom stereocenters. The van der Waals surface area contributed by atoms with Crippen LogP contribution in [-0.4, -0.2) is 5.78 Å². The van der Waals surface area contributed by atoms with Gasteiger partial charge < -0.3 is 0 Å². The minimum atomic E-state index is -0.551. The Morgan fingerprint density at radius 2 is 2.00 bits per heavy atom. The van der Waals surface area contributed by atoms with E-state index in [1.165, 1.54) is 12.1 Å². The molecule has 1 nitrogen and oxygen atoms in total. The van der Waals surface area contributed by atoms with Crippen molar-refractivity contribution in [3.8, 4) is 0 Å². The minimum Gasteiger partial charge on any atom is -0.288 e. The Kier molecular flexibility index (Phi) is 4.02. The molecule has 1 aromatic carbocycles. The summed E-state index contributed by atoms with van der Waals surface area (Å²) in [6.45, 7) is 0. The van der Waals surface area contributed by atoms with Gasteiger partial charge in [0.05, 0.1) is 10.4 Å². The number of rotatable bonds is 2. The lowest BCUT2D eigenvalue weighted by molar-refractivity contribution is 0.103. The molecule has 0 bridgehead atoms. The molecule has 0 saturated carbocycles. The van der Waals surface area contributed by atoms with Crippen LogP contribution in [0.25, 0.3) is 0 Å². The van der Waals surface area contributed by atoms with Gasteiger partial charge in [-0.3, -0.25) is 4.79 Å². The maximum atomic E-state index is 13.6. The molecule has 0 saturated heterocycles. The van der Waals surface area contributed by atoms with Crippen LogP contribution in [0.1, 0.15) is 15.2 Å². The second kappa shape index (κ2) is 5.18. The van der Waals surface area contributed by atoms with E-state index in [-0.39, 0.29) is 11.3 Å². The van der Waals surface area contributed by atoms with Crippen molar-refractivity contribution in [3.63, 3.8) is 0 Å². The molecule has 1 aromatic heterocycles. The van der Waals surface area contributed by atoms with Crippen LogP contribution >= 0.6 is 54.8 Å². The summed E-state index contributed by atoms with van der Waals surface area (Å²) in [4.78, 5) is 12.5. The molecule has 0 N–H and O–H groups in total. The number of thiophene rings is 1. The van der Waals surface area contributed by atoms with Crippen LogP contribution in [0, 0.1) is 5.82 Å². The van der Waals surface area contributed by atoms with Gasteiger partial charge in [0.2, 0.25) is 5.78 Å². The van der Waals surface area contributed by atoms with E-state index in [1.54, 1.807) is 12.1 Å². The van der Waals surface area contributed by atoms with Gasteiger partial charge in [-0.25, -0.2) is 4.39 Å². The summed E-state index contributed by atoms with van der Waals surface area (Å²) in [7, 11) is 0. The van der Waals surface area contributed by atoms with E-state index >= 15 is 0 Å². The predicted molar refractivity (Wildman–Crippen MR) is 74.6 cm³/mol. The Hall–Kier alpha value is -0.230. The van der Waals surface area contributed by atoms with Crippen LogP contribution < -0.4 is 0 Å². The molecule has 0 unspecified atom stereocenters. The maximum Gasteiger partial charge on any atom is 0.207 e. The number of hydrogen-bond donors (Lipinski definition) is 0. The molecule has 1 heterocycles. The average Bonchev–Trinajstić information content (AvgIpc) is 2.59. The average molecular weight is 398 g/mol. The third kappa shape index (κ3) is 2.62. The molecule has 0 spiro atoms. The zero-order valence-corrected chi connectivity index (χ0v) is 12.9. The lowest BCUT2D eigenvalue weighted by Gasteiger charge is -2.02. The first-order valence-electron chi connectivity index (χ1n) is 4.44. The Bertz CT molecular complexity index is 557. The lowest BCUT2D eigenvalue weighted by atomic mass is 10.1. The third-order valence-electron chi connectivity index (χ3n) is 2.06. The van der Waals surface area contributed by atoms with Crippen molar-refractivity contribution < 1.29 is 9.18 Å². The SMILES string of the molecule is O=C(c1cc(Br)c(Cl)s1)c1c(F)cccc1Br. The van der Waals surface area contributed by atoms with Gasteiger partial charge in [0.1, 0.15) is 10.2 Å². The van der Waals surface area contributed by atoms with E-state index in [0.717, 1.165) is 11.3 Å². The normalized spacial score (nSPS) is 10.6. The van der Waals surface area contributed by atoms with Crippen LogP contribution in [0.3, 0.4) is 0 Å². The number of hydrogen-bond acceptors (Lipinski definition) is 2. The summed E-state index contributed by atoms with van der Waals surface area (Å²) in [5.41, 5.74) is 0.0258. The quantitative estimate of drug-likeness (QED) is 0.628. The topological polar surface area (TPSA) is 17.1 Å². The molecule has 0 aliphatic rings. The highest BCUT2D eigenvalue weighted by Crippen LogP contribution is 2.34. The van der Waals surface area contributed by atoms with Gasteiger partial charge in [0, 0.05) is 8.95 Å². The molecule has 2 aromatic rings. The highest BCUT2D eigenvalue weighted by atomic mass is 79.9. The van der Waals surface area contributed by atoms with Gasteiger partial charge >= 0.3 is 0 Å². The van der Waals surface area contributed by atoms with Gasteiger partial charge in [-0.1, -0.05) is 17.7 Å². The molecule has 0 aliphatic carbocycles. The van der Waals surface area contributed by atoms with E-state index in [1.807, 2.05) is 0 Å². The Morgan fingerprint density at radius 3 is 2.53 bits per heavy atom. The standard InChI is InChI=1S/C11H4Br2ClFOS/c12-5-2-1-3-7(15)9(5)10(16)8-4-6(13)11(14)17-8/h1-4H. The Balaban J connectivity index is 2.51. The van der Waals surface area contributed by atoms with E-state index in [2.05, 4.69) is 31.9 Å². The van der Waals surface area contributed by atoms with Crippen molar-refractivity contribution in [3.05, 3.63) is 53.8 Å². The highest BCUT2D eigenvalue weighted by molar-refractivity contribution is 9.11. The van der Waals surface area contributed by atoms with Gasteiger partial charge in [0.15, 0.2) is 0 Å². The second-order valence-electron chi connectivity index (χ2n) is 3.16. The molecule has 17 heavy (non-hydrogen) atoms. The number of benzene rings is 1. The van der Waals surface area contributed by atoms with Crippen LogP contribution in [0.15, 0.2) is 33.2 Å². The summed E-state index contributed by atoms with van der Waals surface area (Å²) in [6, 6.07) is 6.00. The zero-order valence-electron chi connectivity index (χ0n) is 8.14. The smallest absolute Gasteiger partial charge is 0.207 e. The van der Waals surface area contributed by atoms with Crippen molar-refractivity contribution in [1.29, 1.82) is 0 Å². The minimum absolute atomic E-state index is 0.0258. The first-order chi connectivity index (χ1) is 8.00. The van der Waals surface area contributed by atoms with Gasteiger partial charge in [-0.05, 0) is 50.1 Å². The highest BCUT2D eigenvalue weighted by Gasteiger charge is 2.20. The summed E-state index contributed by atoms with van der Waals surface area (Å²) >= 11 is 13.4. The molecular formula is C11H4Br2ClFOS. The van der Waals surface area contributed by atoms with E-state index in [4.69, 9.17) is 11.6 Å². The van der Waals surface area contributed by atoms with Crippen molar-refractivity contribution in [1.82, 2.24) is 0 Å². The van der Waals surface area contributed by atoms with Crippen LogP contribution in [-0.2, 0) is 0 Å². The van der Waals surface area contributed by atoms with E-state index in [0.29, 0.717) is 18.2 Å². The van der Waals surface area contributed by atoms with Crippen molar-refractivity contribution in [2.75, 3.05) is 0 Å². The molecular weight excluding hydrogens is 394 g/mol. The molecule has 0 aliphatic heterocycles. The number of carbonyl (C=O) groups excluding carboxylic acids is 1. The predicted octanol–water partition coefficient (Wildman–Crippen LogP) is 5.30. The number of ketones is 1. The molecule has 6 heteroatoms. The monoisotopic (exact) mass is 396 g/mol. The van der Waals surface area contributed by atoms with Gasteiger partial charge in [-0.15, -0.1) is 11.3 Å². The fourth-order valence-corrected chi connectivity index (χ4v) is 3.47. The van der Waals surface area contributed by atoms with Crippen molar-refractivity contribution in [2.45, 2.75) is 0 Å². The zero-order chi connectivity index (χ0) is 12.6. The summed E-state index contributed by atoms with van der Waals surface area (Å²) in [6.07, 6.45) is 0. The molecule has 0 fully saturated rings. The lowest BCUT2D eigenvalue weighted by Crippen LogP contribution is -2.03. The molecule has 88 valence electrons. The summed E-state index contributed by atoms with van der Waals surface area (Å²) in [5.74, 6) is -0.933.